The normalized spacial score (nSPS) is 12.1. The molecule has 2 aromatic rings. The van der Waals surface area contributed by atoms with Crippen molar-refractivity contribution < 1.29 is 9.53 Å². The predicted molar refractivity (Wildman–Crippen MR) is 86.1 cm³/mol. The van der Waals surface area contributed by atoms with Crippen molar-refractivity contribution in [1.29, 1.82) is 0 Å². The van der Waals surface area contributed by atoms with Crippen molar-refractivity contribution in [3.05, 3.63) is 35.1 Å². The molecule has 1 aromatic heterocycles. The van der Waals surface area contributed by atoms with E-state index in [4.69, 9.17) is 22.1 Å². The van der Waals surface area contributed by atoms with Crippen LogP contribution < -0.4 is 10.5 Å². The average Bonchev–Trinajstić information content (AvgIpc) is 2.88. The molecule has 1 aromatic carbocycles. The van der Waals surface area contributed by atoms with Crippen LogP contribution in [0.3, 0.4) is 0 Å². The molecule has 0 spiro atoms. The van der Waals surface area contributed by atoms with Gasteiger partial charge in [-0.25, -0.2) is 0 Å². The molecule has 0 aliphatic heterocycles. The molecule has 6 nitrogen and oxygen atoms in total. The Hall–Kier alpha value is -1.73. The van der Waals surface area contributed by atoms with E-state index in [1.54, 1.807) is 12.1 Å². The summed E-state index contributed by atoms with van der Waals surface area (Å²) in [4.78, 5) is 10.9. The van der Waals surface area contributed by atoms with Gasteiger partial charge in [-0.15, -0.1) is 10.2 Å². The van der Waals surface area contributed by atoms with Crippen molar-refractivity contribution in [1.82, 2.24) is 14.8 Å². The summed E-state index contributed by atoms with van der Waals surface area (Å²) in [5.41, 5.74) is 5.16. The number of thioether (sulfide) groups is 1. The monoisotopic (exact) mass is 340 g/mol. The minimum atomic E-state index is -0.388. The topological polar surface area (TPSA) is 83.0 Å². The maximum Gasteiger partial charge on any atom is 0.227 e. The van der Waals surface area contributed by atoms with Gasteiger partial charge in [0.25, 0.3) is 0 Å². The van der Waals surface area contributed by atoms with Crippen LogP contribution in [0.15, 0.2) is 29.4 Å². The number of halogens is 1. The highest BCUT2D eigenvalue weighted by Gasteiger charge is 2.19. The molecular formula is C14H17ClN4O2S. The van der Waals surface area contributed by atoms with Crippen LogP contribution in [0.1, 0.15) is 25.8 Å². The van der Waals surface area contributed by atoms with Gasteiger partial charge < -0.3 is 15.0 Å². The molecule has 2 rings (SSSR count). The number of amides is 1. The molecule has 0 saturated carbocycles. The van der Waals surface area contributed by atoms with Gasteiger partial charge in [0, 0.05) is 11.6 Å². The van der Waals surface area contributed by atoms with Gasteiger partial charge in [0.15, 0.2) is 17.1 Å². The first-order chi connectivity index (χ1) is 10.5. The summed E-state index contributed by atoms with van der Waals surface area (Å²) in [6.45, 7) is 4.54. The SMILES string of the molecule is CCn1c(SCC(N)=O)nnc1[C@H](C)Oc1cccc(Cl)c1. The summed E-state index contributed by atoms with van der Waals surface area (Å²) in [7, 11) is 0. The van der Waals surface area contributed by atoms with Gasteiger partial charge in [0.2, 0.25) is 5.91 Å². The molecule has 1 atom stereocenters. The molecular weight excluding hydrogens is 324 g/mol. The zero-order chi connectivity index (χ0) is 16.1. The second-order valence-corrected chi connectivity index (χ2v) is 5.94. The van der Waals surface area contributed by atoms with Crippen LogP contribution in [-0.4, -0.2) is 26.4 Å². The molecule has 1 amide bonds. The molecule has 0 unspecified atom stereocenters. The third kappa shape index (κ3) is 4.14. The molecule has 2 N–H and O–H groups in total. The van der Waals surface area contributed by atoms with Crippen molar-refractivity contribution in [2.45, 2.75) is 31.7 Å². The number of ether oxygens (including phenoxy) is 1. The number of primary amides is 1. The highest BCUT2D eigenvalue weighted by Crippen LogP contribution is 2.25. The minimum Gasteiger partial charge on any atom is -0.483 e. The van der Waals surface area contributed by atoms with Crippen molar-refractivity contribution in [3.63, 3.8) is 0 Å². The summed E-state index contributed by atoms with van der Waals surface area (Å²) >= 11 is 7.21. The van der Waals surface area contributed by atoms with Crippen LogP contribution in [0.25, 0.3) is 0 Å². The number of nitrogens with two attached hydrogens (primary N) is 1. The number of benzene rings is 1. The molecule has 118 valence electrons. The number of aromatic nitrogens is 3. The Balaban J connectivity index is 2.15. The van der Waals surface area contributed by atoms with Gasteiger partial charge in [0.05, 0.1) is 5.75 Å². The van der Waals surface area contributed by atoms with Gasteiger partial charge in [0.1, 0.15) is 5.75 Å². The van der Waals surface area contributed by atoms with Crippen molar-refractivity contribution in [2.24, 2.45) is 5.73 Å². The van der Waals surface area contributed by atoms with E-state index in [9.17, 15) is 4.79 Å². The second-order valence-electron chi connectivity index (χ2n) is 4.56. The fraction of sp³-hybridized carbons (Fsp3) is 0.357. The Morgan fingerprint density at radius 2 is 2.27 bits per heavy atom. The Morgan fingerprint density at radius 3 is 2.91 bits per heavy atom. The molecule has 8 heteroatoms. The first-order valence-electron chi connectivity index (χ1n) is 6.77. The lowest BCUT2D eigenvalue weighted by molar-refractivity contribution is -0.115. The van der Waals surface area contributed by atoms with E-state index in [0.717, 1.165) is 0 Å². The Kier molecular flexibility index (Phi) is 5.68. The van der Waals surface area contributed by atoms with Crippen LogP contribution in [0.5, 0.6) is 5.75 Å². The van der Waals surface area contributed by atoms with Crippen LogP contribution in [0.2, 0.25) is 5.02 Å². The number of hydrogen-bond acceptors (Lipinski definition) is 5. The lowest BCUT2D eigenvalue weighted by Gasteiger charge is -2.15. The zero-order valence-electron chi connectivity index (χ0n) is 12.3. The first kappa shape index (κ1) is 16.6. The zero-order valence-corrected chi connectivity index (χ0v) is 13.9. The fourth-order valence-corrected chi connectivity index (χ4v) is 2.87. The molecule has 0 aliphatic carbocycles. The number of carbonyl (C=O) groups excluding carboxylic acids is 1. The summed E-state index contributed by atoms with van der Waals surface area (Å²) < 4.78 is 7.76. The van der Waals surface area contributed by atoms with Crippen LogP contribution in [-0.2, 0) is 11.3 Å². The van der Waals surface area contributed by atoms with E-state index in [1.165, 1.54) is 11.8 Å². The first-order valence-corrected chi connectivity index (χ1v) is 8.14. The van der Waals surface area contributed by atoms with Crippen LogP contribution >= 0.6 is 23.4 Å². The highest BCUT2D eigenvalue weighted by molar-refractivity contribution is 7.99. The summed E-state index contributed by atoms with van der Waals surface area (Å²) in [6, 6.07) is 7.18. The largest absolute Gasteiger partial charge is 0.483 e. The minimum absolute atomic E-state index is 0.168. The maximum absolute atomic E-state index is 10.9. The molecule has 0 radical (unpaired) electrons. The quantitative estimate of drug-likeness (QED) is 0.783. The Bertz CT molecular complexity index is 662. The lowest BCUT2D eigenvalue weighted by atomic mass is 10.3. The van der Waals surface area contributed by atoms with E-state index in [0.29, 0.717) is 28.3 Å². The van der Waals surface area contributed by atoms with Gasteiger partial charge in [-0.1, -0.05) is 29.4 Å². The van der Waals surface area contributed by atoms with Crippen LogP contribution in [0, 0.1) is 0 Å². The number of hydrogen-bond donors (Lipinski definition) is 1. The van der Waals surface area contributed by atoms with E-state index in [2.05, 4.69) is 10.2 Å². The molecule has 0 fully saturated rings. The summed E-state index contributed by atoms with van der Waals surface area (Å²) in [5, 5.41) is 9.53. The van der Waals surface area contributed by atoms with Gasteiger partial charge in [-0.2, -0.15) is 0 Å². The molecule has 0 saturated heterocycles. The van der Waals surface area contributed by atoms with Gasteiger partial charge in [-0.05, 0) is 32.0 Å². The standard InChI is InChI=1S/C14H17ClN4O2S/c1-3-19-13(17-18-14(19)22-8-12(16)20)9(2)21-11-6-4-5-10(15)7-11/h4-7,9H,3,8H2,1-2H3,(H2,16,20)/t9-/m0/s1. The maximum atomic E-state index is 10.9. The smallest absolute Gasteiger partial charge is 0.227 e. The van der Waals surface area contributed by atoms with E-state index < -0.39 is 0 Å². The van der Waals surface area contributed by atoms with E-state index in [-0.39, 0.29) is 17.8 Å². The Morgan fingerprint density at radius 1 is 1.50 bits per heavy atom. The summed E-state index contributed by atoms with van der Waals surface area (Å²) in [6.07, 6.45) is -0.297. The molecule has 0 aliphatic rings. The van der Waals surface area contributed by atoms with Crippen molar-refractivity contribution >= 4 is 29.3 Å². The average molecular weight is 341 g/mol. The van der Waals surface area contributed by atoms with Crippen molar-refractivity contribution in [3.8, 4) is 5.75 Å². The van der Waals surface area contributed by atoms with E-state index in [1.807, 2.05) is 30.5 Å². The second kappa shape index (κ2) is 7.51. The predicted octanol–water partition coefficient (Wildman–Crippen LogP) is 2.67. The molecule has 1 heterocycles. The number of carbonyl (C=O) groups is 1. The van der Waals surface area contributed by atoms with Gasteiger partial charge in [-0.3, -0.25) is 4.79 Å². The highest BCUT2D eigenvalue weighted by atomic mass is 35.5. The van der Waals surface area contributed by atoms with E-state index >= 15 is 0 Å². The third-order valence-electron chi connectivity index (χ3n) is 2.88. The molecule has 0 bridgehead atoms. The summed E-state index contributed by atoms with van der Waals surface area (Å²) in [5.74, 6) is 1.13. The Labute approximate surface area is 138 Å². The lowest BCUT2D eigenvalue weighted by Crippen LogP contribution is -2.15. The third-order valence-corrected chi connectivity index (χ3v) is 4.10. The van der Waals surface area contributed by atoms with Crippen molar-refractivity contribution in [2.75, 3.05) is 5.75 Å². The number of nitrogens with zero attached hydrogens (tertiary/aromatic N) is 3. The number of rotatable bonds is 7. The molecule has 22 heavy (non-hydrogen) atoms. The van der Waals surface area contributed by atoms with Gasteiger partial charge >= 0.3 is 0 Å². The van der Waals surface area contributed by atoms with Crippen LogP contribution in [0.4, 0.5) is 0 Å². The fourth-order valence-electron chi connectivity index (χ4n) is 1.94.